The maximum atomic E-state index is 11.7. The third-order valence-electron chi connectivity index (χ3n) is 2.29. The fourth-order valence-corrected chi connectivity index (χ4v) is 1.69. The van der Waals surface area contributed by atoms with Crippen LogP contribution in [0.4, 0.5) is 5.69 Å². The van der Waals surface area contributed by atoms with Crippen LogP contribution in [-0.4, -0.2) is 15.7 Å². The first-order valence-corrected chi connectivity index (χ1v) is 6.09. The third kappa shape index (κ3) is 3.33. The van der Waals surface area contributed by atoms with E-state index in [-0.39, 0.29) is 22.5 Å². The molecule has 0 spiro atoms. The Balaban J connectivity index is 2.12. The van der Waals surface area contributed by atoms with E-state index in [4.69, 9.17) is 23.2 Å². The van der Waals surface area contributed by atoms with Gasteiger partial charge in [0.25, 0.3) is 5.56 Å². The van der Waals surface area contributed by atoms with Crippen molar-refractivity contribution in [3.05, 3.63) is 56.9 Å². The van der Waals surface area contributed by atoms with Gasteiger partial charge in [-0.25, -0.2) is 4.68 Å². The lowest BCUT2D eigenvalue weighted by atomic mass is 10.3. The van der Waals surface area contributed by atoms with Gasteiger partial charge in [0.1, 0.15) is 11.6 Å². The molecular formula is C12H9Cl2N3O2. The summed E-state index contributed by atoms with van der Waals surface area (Å²) >= 11 is 11.3. The van der Waals surface area contributed by atoms with Crippen LogP contribution in [0.1, 0.15) is 0 Å². The fourth-order valence-electron chi connectivity index (χ4n) is 1.42. The Labute approximate surface area is 118 Å². The van der Waals surface area contributed by atoms with E-state index in [1.807, 2.05) is 6.07 Å². The van der Waals surface area contributed by atoms with Gasteiger partial charge in [0.05, 0.1) is 11.2 Å². The van der Waals surface area contributed by atoms with Gasteiger partial charge in [0, 0.05) is 5.69 Å². The van der Waals surface area contributed by atoms with Crippen LogP contribution in [0.3, 0.4) is 0 Å². The quantitative estimate of drug-likeness (QED) is 0.944. The minimum atomic E-state index is -0.600. The molecule has 2 aromatic rings. The Kier molecular flexibility index (Phi) is 4.19. The lowest BCUT2D eigenvalue weighted by Gasteiger charge is -2.06. The van der Waals surface area contributed by atoms with Crippen LogP contribution in [0.5, 0.6) is 0 Å². The molecule has 0 radical (unpaired) electrons. The molecule has 1 heterocycles. The fraction of sp³-hybridized carbons (Fsp3) is 0.0833. The third-order valence-corrected chi connectivity index (χ3v) is 3.04. The van der Waals surface area contributed by atoms with Gasteiger partial charge in [-0.05, 0) is 12.1 Å². The summed E-state index contributed by atoms with van der Waals surface area (Å²) in [5.41, 5.74) is 0.0398. The maximum Gasteiger partial charge on any atom is 0.287 e. The molecule has 1 aromatic heterocycles. The summed E-state index contributed by atoms with van der Waals surface area (Å²) in [6.07, 6.45) is 1.22. The minimum Gasteiger partial charge on any atom is -0.324 e. The summed E-state index contributed by atoms with van der Waals surface area (Å²) in [6.45, 7) is -0.232. The van der Waals surface area contributed by atoms with E-state index in [1.54, 1.807) is 24.3 Å². The number of carbonyl (C=O) groups is 1. The topological polar surface area (TPSA) is 64.0 Å². The molecule has 0 bridgehead atoms. The minimum absolute atomic E-state index is 0.0615. The van der Waals surface area contributed by atoms with Gasteiger partial charge in [0.15, 0.2) is 0 Å². The van der Waals surface area contributed by atoms with E-state index in [1.165, 1.54) is 6.20 Å². The maximum absolute atomic E-state index is 11.7. The number of aromatic nitrogens is 2. The summed E-state index contributed by atoms with van der Waals surface area (Å²) in [5, 5.41) is 6.30. The summed E-state index contributed by atoms with van der Waals surface area (Å²) in [6, 6.07) is 8.89. The molecule has 0 aliphatic carbocycles. The molecule has 0 fully saturated rings. The van der Waals surface area contributed by atoms with Crippen molar-refractivity contribution in [1.82, 2.24) is 9.78 Å². The molecule has 2 rings (SSSR count). The van der Waals surface area contributed by atoms with Crippen LogP contribution >= 0.6 is 23.2 Å². The standard InChI is InChI=1S/C12H9Cl2N3O2/c13-9-6-15-17(12(19)11(9)14)7-10(18)16-8-4-2-1-3-5-8/h1-6H,7H2,(H,16,18). The van der Waals surface area contributed by atoms with Crippen molar-refractivity contribution >= 4 is 34.8 Å². The van der Waals surface area contributed by atoms with Crippen molar-refractivity contribution in [3.8, 4) is 0 Å². The molecule has 0 saturated heterocycles. The highest BCUT2D eigenvalue weighted by molar-refractivity contribution is 6.41. The first-order chi connectivity index (χ1) is 9.08. The molecule has 19 heavy (non-hydrogen) atoms. The predicted molar refractivity (Wildman–Crippen MR) is 73.6 cm³/mol. The monoisotopic (exact) mass is 297 g/mol. The van der Waals surface area contributed by atoms with E-state index in [0.29, 0.717) is 5.69 Å². The summed E-state index contributed by atoms with van der Waals surface area (Å²) in [5.74, 6) is -0.376. The summed E-state index contributed by atoms with van der Waals surface area (Å²) in [7, 11) is 0. The molecule has 0 saturated carbocycles. The molecule has 0 unspecified atom stereocenters. The van der Waals surface area contributed by atoms with Crippen LogP contribution in [-0.2, 0) is 11.3 Å². The number of para-hydroxylation sites is 1. The summed E-state index contributed by atoms with van der Waals surface area (Å²) < 4.78 is 0.951. The highest BCUT2D eigenvalue weighted by atomic mass is 35.5. The number of nitrogens with zero attached hydrogens (tertiary/aromatic N) is 2. The number of carbonyl (C=O) groups excluding carboxylic acids is 1. The number of hydrogen-bond acceptors (Lipinski definition) is 3. The zero-order chi connectivity index (χ0) is 13.8. The van der Waals surface area contributed by atoms with Gasteiger partial charge >= 0.3 is 0 Å². The van der Waals surface area contributed by atoms with Gasteiger partial charge in [0.2, 0.25) is 5.91 Å². The molecule has 7 heteroatoms. The smallest absolute Gasteiger partial charge is 0.287 e. The number of amides is 1. The number of anilines is 1. The van der Waals surface area contributed by atoms with E-state index in [0.717, 1.165) is 4.68 Å². The highest BCUT2D eigenvalue weighted by Gasteiger charge is 2.10. The number of halogens is 2. The van der Waals surface area contributed by atoms with Crippen molar-refractivity contribution in [1.29, 1.82) is 0 Å². The molecule has 1 N–H and O–H groups in total. The number of hydrogen-bond donors (Lipinski definition) is 1. The molecule has 98 valence electrons. The van der Waals surface area contributed by atoms with Gasteiger partial charge in [-0.1, -0.05) is 41.4 Å². The molecule has 0 aliphatic rings. The first-order valence-electron chi connectivity index (χ1n) is 5.34. The van der Waals surface area contributed by atoms with Crippen molar-refractivity contribution in [2.24, 2.45) is 0 Å². The summed E-state index contributed by atoms with van der Waals surface area (Å²) in [4.78, 5) is 23.4. The zero-order valence-corrected chi connectivity index (χ0v) is 11.1. The van der Waals surface area contributed by atoms with Crippen LogP contribution < -0.4 is 10.9 Å². The Bertz CT molecular complexity index is 656. The largest absolute Gasteiger partial charge is 0.324 e. The van der Waals surface area contributed by atoms with Crippen LogP contribution in [0.2, 0.25) is 10.0 Å². The van der Waals surface area contributed by atoms with Gasteiger partial charge in [-0.15, -0.1) is 0 Å². The van der Waals surface area contributed by atoms with E-state index >= 15 is 0 Å². The molecule has 0 atom stereocenters. The molecule has 0 aliphatic heterocycles. The average molecular weight is 298 g/mol. The van der Waals surface area contributed by atoms with Crippen LogP contribution in [0.15, 0.2) is 41.3 Å². The molecule has 1 aromatic carbocycles. The highest BCUT2D eigenvalue weighted by Crippen LogP contribution is 2.14. The van der Waals surface area contributed by atoms with Crippen molar-refractivity contribution in [2.75, 3.05) is 5.32 Å². The SMILES string of the molecule is O=C(Cn1ncc(Cl)c(Cl)c1=O)Nc1ccccc1. The molecule has 5 nitrogen and oxygen atoms in total. The van der Waals surface area contributed by atoms with Gasteiger partial charge in [-0.3, -0.25) is 9.59 Å². The molecule has 1 amide bonds. The Morgan fingerprint density at radius 2 is 1.95 bits per heavy atom. The second-order valence-electron chi connectivity index (χ2n) is 3.68. The Hall–Kier alpha value is -1.85. The van der Waals surface area contributed by atoms with Crippen molar-refractivity contribution in [3.63, 3.8) is 0 Å². The Morgan fingerprint density at radius 3 is 2.63 bits per heavy atom. The lowest BCUT2D eigenvalue weighted by molar-refractivity contribution is -0.117. The number of nitrogens with one attached hydrogen (secondary N) is 1. The van der Waals surface area contributed by atoms with Crippen LogP contribution in [0, 0.1) is 0 Å². The predicted octanol–water partition coefficient (Wildman–Crippen LogP) is 2.19. The van der Waals surface area contributed by atoms with E-state index in [9.17, 15) is 9.59 Å². The Morgan fingerprint density at radius 1 is 1.26 bits per heavy atom. The van der Waals surface area contributed by atoms with Crippen molar-refractivity contribution in [2.45, 2.75) is 6.54 Å². The van der Waals surface area contributed by atoms with E-state index < -0.39 is 5.56 Å². The lowest BCUT2D eigenvalue weighted by Crippen LogP contribution is -2.29. The number of benzene rings is 1. The first kappa shape index (κ1) is 13.6. The zero-order valence-electron chi connectivity index (χ0n) is 9.64. The van der Waals surface area contributed by atoms with Gasteiger partial charge < -0.3 is 5.32 Å². The average Bonchev–Trinajstić information content (AvgIpc) is 2.41. The molecular weight excluding hydrogens is 289 g/mol. The van der Waals surface area contributed by atoms with Crippen molar-refractivity contribution < 1.29 is 4.79 Å². The van der Waals surface area contributed by atoms with Gasteiger partial charge in [-0.2, -0.15) is 5.10 Å². The second kappa shape index (κ2) is 5.86. The van der Waals surface area contributed by atoms with Crippen LogP contribution in [0.25, 0.3) is 0 Å². The normalized spacial score (nSPS) is 10.2. The number of rotatable bonds is 3. The van der Waals surface area contributed by atoms with E-state index in [2.05, 4.69) is 10.4 Å². The second-order valence-corrected chi connectivity index (χ2v) is 4.47.